The van der Waals surface area contributed by atoms with Crippen molar-refractivity contribution in [1.29, 1.82) is 0 Å². The van der Waals surface area contributed by atoms with Gasteiger partial charge in [-0.25, -0.2) is 0 Å². The molecule has 0 aliphatic carbocycles. The van der Waals surface area contributed by atoms with Crippen LogP contribution in [-0.2, 0) is 0 Å². The van der Waals surface area contributed by atoms with Gasteiger partial charge in [0.15, 0.2) is 0 Å². The lowest BCUT2D eigenvalue weighted by Crippen LogP contribution is -2.11. The average molecular weight is 312 g/mol. The monoisotopic (exact) mass is 312 g/mol. The van der Waals surface area contributed by atoms with Crippen LogP contribution in [0.2, 0.25) is 0 Å². The largest absolute Gasteiger partial charge is 0.497 e. The Bertz CT molecular complexity index is 688. The predicted molar refractivity (Wildman–Crippen MR) is 91.0 cm³/mol. The zero-order valence-corrected chi connectivity index (χ0v) is 13.6. The van der Waals surface area contributed by atoms with Crippen LogP contribution >= 0.6 is 0 Å². The van der Waals surface area contributed by atoms with Gasteiger partial charge in [0.05, 0.1) is 38.3 Å². The van der Waals surface area contributed by atoms with Crippen LogP contribution in [0.5, 0.6) is 17.2 Å². The summed E-state index contributed by atoms with van der Waals surface area (Å²) in [6.07, 6.45) is 0.836. The third kappa shape index (κ3) is 2.95. The Morgan fingerprint density at radius 2 is 1.52 bits per heavy atom. The van der Waals surface area contributed by atoms with E-state index in [1.165, 1.54) is 0 Å². The Balaban J connectivity index is 1.93. The Morgan fingerprint density at radius 3 is 2.09 bits per heavy atom. The van der Waals surface area contributed by atoms with Crippen molar-refractivity contribution in [1.82, 2.24) is 0 Å². The van der Waals surface area contributed by atoms with E-state index < -0.39 is 0 Å². The minimum atomic E-state index is 0.777. The Morgan fingerprint density at radius 1 is 0.870 bits per heavy atom. The van der Waals surface area contributed by atoms with E-state index in [0.29, 0.717) is 0 Å². The maximum atomic E-state index is 5.48. The van der Waals surface area contributed by atoms with Crippen LogP contribution in [0.1, 0.15) is 12.0 Å². The van der Waals surface area contributed by atoms with Gasteiger partial charge < -0.3 is 14.2 Å². The Kier molecular flexibility index (Phi) is 4.37. The van der Waals surface area contributed by atoms with Crippen LogP contribution in [-0.4, -0.2) is 33.6 Å². The van der Waals surface area contributed by atoms with Crippen molar-refractivity contribution in [2.75, 3.05) is 32.9 Å². The summed E-state index contributed by atoms with van der Waals surface area (Å²) < 4.78 is 16.1. The van der Waals surface area contributed by atoms with E-state index in [1.807, 2.05) is 47.5 Å². The van der Waals surface area contributed by atoms with Gasteiger partial charge in [-0.15, -0.1) is 0 Å². The van der Waals surface area contributed by atoms with Crippen molar-refractivity contribution in [3.63, 3.8) is 0 Å². The highest BCUT2D eigenvalue weighted by Gasteiger charge is 2.23. The van der Waals surface area contributed by atoms with E-state index in [9.17, 15) is 0 Å². The number of rotatable bonds is 5. The number of hydrazone groups is 1. The summed E-state index contributed by atoms with van der Waals surface area (Å²) in [5.41, 5.74) is 2.93. The SMILES string of the molecule is COc1ccc(N2CCC(c3c(OC)cccc3OC)=N2)cc1. The Labute approximate surface area is 136 Å². The standard InChI is InChI=1S/C18H20N2O3/c1-21-14-9-7-13(8-10-14)20-12-11-15(19-20)18-16(22-2)5-4-6-17(18)23-3/h4-10H,11-12H2,1-3H3. The highest BCUT2D eigenvalue weighted by Crippen LogP contribution is 2.33. The number of benzene rings is 2. The molecule has 0 saturated carbocycles. The van der Waals surface area contributed by atoms with Gasteiger partial charge in [0.25, 0.3) is 0 Å². The highest BCUT2D eigenvalue weighted by molar-refractivity contribution is 6.07. The molecular formula is C18H20N2O3. The quantitative estimate of drug-likeness (QED) is 0.849. The van der Waals surface area contributed by atoms with Crippen molar-refractivity contribution in [2.24, 2.45) is 5.10 Å². The summed E-state index contributed by atoms with van der Waals surface area (Å²) in [6.45, 7) is 0.822. The molecule has 1 aliphatic rings. The molecular weight excluding hydrogens is 292 g/mol. The second kappa shape index (κ2) is 6.60. The fourth-order valence-electron chi connectivity index (χ4n) is 2.71. The maximum Gasteiger partial charge on any atom is 0.131 e. The van der Waals surface area contributed by atoms with E-state index in [0.717, 1.165) is 47.2 Å². The molecule has 0 spiro atoms. The number of anilines is 1. The lowest BCUT2D eigenvalue weighted by Gasteiger charge is -2.14. The van der Waals surface area contributed by atoms with E-state index in [4.69, 9.17) is 19.3 Å². The number of nitrogens with zero attached hydrogens (tertiary/aromatic N) is 2. The first-order chi connectivity index (χ1) is 11.3. The van der Waals surface area contributed by atoms with E-state index >= 15 is 0 Å². The molecule has 1 heterocycles. The van der Waals surface area contributed by atoms with Gasteiger partial charge in [0, 0.05) is 13.0 Å². The number of ether oxygens (including phenoxy) is 3. The topological polar surface area (TPSA) is 43.3 Å². The molecule has 0 fully saturated rings. The molecule has 0 unspecified atom stereocenters. The summed E-state index contributed by atoms with van der Waals surface area (Å²) in [4.78, 5) is 0. The van der Waals surface area contributed by atoms with Crippen molar-refractivity contribution in [2.45, 2.75) is 6.42 Å². The molecule has 2 aromatic rings. The summed E-state index contributed by atoms with van der Waals surface area (Å²) in [7, 11) is 4.99. The molecule has 120 valence electrons. The lowest BCUT2D eigenvalue weighted by molar-refractivity contribution is 0.392. The van der Waals surface area contributed by atoms with Crippen molar-refractivity contribution in [3.8, 4) is 17.2 Å². The third-order valence-corrected chi connectivity index (χ3v) is 3.89. The summed E-state index contributed by atoms with van der Waals surface area (Å²) in [5.74, 6) is 2.39. The summed E-state index contributed by atoms with van der Waals surface area (Å²) in [6, 6.07) is 13.7. The fourth-order valence-corrected chi connectivity index (χ4v) is 2.71. The first kappa shape index (κ1) is 15.2. The molecule has 0 saturated heterocycles. The van der Waals surface area contributed by atoms with Crippen LogP contribution in [0, 0.1) is 0 Å². The van der Waals surface area contributed by atoms with Gasteiger partial charge in [0.1, 0.15) is 17.2 Å². The molecule has 5 nitrogen and oxygen atoms in total. The molecule has 0 atom stereocenters. The van der Waals surface area contributed by atoms with Crippen LogP contribution in [0.3, 0.4) is 0 Å². The van der Waals surface area contributed by atoms with Gasteiger partial charge >= 0.3 is 0 Å². The minimum Gasteiger partial charge on any atom is -0.497 e. The first-order valence-corrected chi connectivity index (χ1v) is 7.47. The lowest BCUT2D eigenvalue weighted by atomic mass is 10.1. The van der Waals surface area contributed by atoms with Crippen molar-refractivity contribution in [3.05, 3.63) is 48.0 Å². The zero-order chi connectivity index (χ0) is 16.2. The normalized spacial score (nSPS) is 13.7. The second-order valence-electron chi connectivity index (χ2n) is 5.16. The molecule has 0 aromatic heterocycles. The third-order valence-electron chi connectivity index (χ3n) is 3.89. The number of hydrogen-bond donors (Lipinski definition) is 0. The fraction of sp³-hybridized carbons (Fsp3) is 0.278. The number of hydrogen-bond acceptors (Lipinski definition) is 5. The molecule has 3 rings (SSSR count). The van der Waals surface area contributed by atoms with Crippen LogP contribution in [0.25, 0.3) is 0 Å². The van der Waals surface area contributed by atoms with Crippen LogP contribution < -0.4 is 19.2 Å². The maximum absolute atomic E-state index is 5.48. The molecule has 23 heavy (non-hydrogen) atoms. The minimum absolute atomic E-state index is 0.777. The van der Waals surface area contributed by atoms with Gasteiger partial charge in [-0.1, -0.05) is 6.07 Å². The Hall–Kier alpha value is -2.69. The van der Waals surface area contributed by atoms with E-state index in [-0.39, 0.29) is 0 Å². The van der Waals surface area contributed by atoms with E-state index in [1.54, 1.807) is 21.3 Å². The van der Waals surface area contributed by atoms with Gasteiger partial charge in [-0.05, 0) is 36.4 Å². The van der Waals surface area contributed by atoms with E-state index in [2.05, 4.69) is 0 Å². The van der Waals surface area contributed by atoms with Crippen LogP contribution in [0.4, 0.5) is 5.69 Å². The second-order valence-corrected chi connectivity index (χ2v) is 5.16. The molecule has 0 radical (unpaired) electrons. The summed E-state index contributed by atoms with van der Waals surface area (Å²) in [5, 5.41) is 6.74. The van der Waals surface area contributed by atoms with Gasteiger partial charge in [0.2, 0.25) is 0 Å². The van der Waals surface area contributed by atoms with Crippen molar-refractivity contribution >= 4 is 11.4 Å². The van der Waals surface area contributed by atoms with Crippen molar-refractivity contribution < 1.29 is 14.2 Å². The zero-order valence-electron chi connectivity index (χ0n) is 13.6. The molecule has 2 aromatic carbocycles. The molecule has 0 N–H and O–H groups in total. The molecule has 1 aliphatic heterocycles. The molecule has 0 amide bonds. The first-order valence-electron chi connectivity index (χ1n) is 7.47. The highest BCUT2D eigenvalue weighted by atomic mass is 16.5. The number of methoxy groups -OCH3 is 3. The summed E-state index contributed by atoms with van der Waals surface area (Å²) >= 11 is 0. The molecule has 0 bridgehead atoms. The van der Waals surface area contributed by atoms with Gasteiger partial charge in [-0.2, -0.15) is 5.10 Å². The smallest absolute Gasteiger partial charge is 0.131 e. The van der Waals surface area contributed by atoms with Crippen LogP contribution in [0.15, 0.2) is 47.6 Å². The average Bonchev–Trinajstić information content (AvgIpc) is 3.10. The van der Waals surface area contributed by atoms with Gasteiger partial charge in [-0.3, -0.25) is 5.01 Å². The molecule has 5 heteroatoms. The predicted octanol–water partition coefficient (Wildman–Crippen LogP) is 3.33.